The maximum atomic E-state index is 12.3. The molecule has 0 atom stereocenters. The van der Waals surface area contributed by atoms with Crippen LogP contribution in [0, 0.1) is 0 Å². The van der Waals surface area contributed by atoms with Crippen LogP contribution in [-0.4, -0.2) is 28.2 Å². The molecule has 0 radical (unpaired) electrons. The van der Waals surface area contributed by atoms with Crippen LogP contribution >= 0.6 is 0 Å². The number of ether oxygens (including phenoxy) is 2. The SMILES string of the molecule is COc1ccc(Oc2ccc3c(c2)S(=O)(=O)NCN3C2CC2)cc1. The number of nitrogens with one attached hydrogen (secondary N) is 1. The summed E-state index contributed by atoms with van der Waals surface area (Å²) in [5.41, 5.74) is 0.748. The van der Waals surface area contributed by atoms with Crippen LogP contribution in [0.2, 0.25) is 0 Å². The molecule has 1 saturated carbocycles. The van der Waals surface area contributed by atoms with E-state index in [2.05, 4.69) is 9.62 Å². The Hall–Kier alpha value is -2.25. The zero-order chi connectivity index (χ0) is 16.7. The number of methoxy groups -OCH3 is 1. The Balaban J connectivity index is 1.65. The average Bonchev–Trinajstić information content (AvgIpc) is 3.41. The molecule has 1 aliphatic carbocycles. The first kappa shape index (κ1) is 15.3. The predicted molar refractivity (Wildman–Crippen MR) is 90.2 cm³/mol. The number of fused-ring (bicyclic) bond motifs is 1. The maximum Gasteiger partial charge on any atom is 0.244 e. The lowest BCUT2D eigenvalue weighted by Gasteiger charge is -2.31. The second-order valence-electron chi connectivity index (χ2n) is 5.91. The standard InChI is InChI=1S/C17H18N2O4S/c1-22-13-4-6-14(7-5-13)23-15-8-9-16-17(10-15)24(20,21)18-11-19(16)12-2-3-12/h4-10,12,18H,2-3,11H2,1H3. The van der Waals surface area contributed by atoms with Crippen LogP contribution in [0.4, 0.5) is 5.69 Å². The number of hydrogen-bond acceptors (Lipinski definition) is 5. The number of sulfonamides is 1. The highest BCUT2D eigenvalue weighted by Crippen LogP contribution is 2.39. The third-order valence-corrected chi connectivity index (χ3v) is 5.65. The molecule has 4 rings (SSSR count). The number of benzene rings is 2. The van der Waals surface area contributed by atoms with Crippen molar-refractivity contribution in [2.75, 3.05) is 18.7 Å². The fourth-order valence-electron chi connectivity index (χ4n) is 2.82. The second-order valence-corrected chi connectivity index (χ2v) is 7.65. The molecule has 0 bridgehead atoms. The van der Waals surface area contributed by atoms with Crippen LogP contribution < -0.4 is 19.1 Å². The lowest BCUT2D eigenvalue weighted by atomic mass is 10.2. The molecule has 2 aromatic rings. The monoisotopic (exact) mass is 346 g/mol. The molecule has 7 heteroatoms. The molecule has 24 heavy (non-hydrogen) atoms. The van der Waals surface area contributed by atoms with Gasteiger partial charge < -0.3 is 14.4 Å². The molecule has 1 aliphatic heterocycles. The molecular formula is C17H18N2O4S. The van der Waals surface area contributed by atoms with E-state index < -0.39 is 10.0 Å². The summed E-state index contributed by atoms with van der Waals surface area (Å²) in [6.45, 7) is 0.332. The van der Waals surface area contributed by atoms with Crippen molar-refractivity contribution in [2.45, 2.75) is 23.8 Å². The van der Waals surface area contributed by atoms with E-state index in [1.165, 1.54) is 0 Å². The highest BCUT2D eigenvalue weighted by molar-refractivity contribution is 7.89. The van der Waals surface area contributed by atoms with Crippen molar-refractivity contribution in [2.24, 2.45) is 0 Å². The molecule has 126 valence electrons. The first-order valence-electron chi connectivity index (χ1n) is 7.79. The minimum atomic E-state index is -3.50. The summed E-state index contributed by atoms with van der Waals surface area (Å²) in [7, 11) is -1.90. The maximum absolute atomic E-state index is 12.3. The van der Waals surface area contributed by atoms with E-state index >= 15 is 0 Å². The summed E-state index contributed by atoms with van der Waals surface area (Å²) in [5.74, 6) is 1.84. The van der Waals surface area contributed by atoms with Gasteiger partial charge in [-0.1, -0.05) is 0 Å². The lowest BCUT2D eigenvalue weighted by Crippen LogP contribution is -2.44. The molecule has 2 aliphatic rings. The molecule has 0 saturated heterocycles. The van der Waals surface area contributed by atoms with E-state index in [1.807, 2.05) is 6.07 Å². The van der Waals surface area contributed by atoms with E-state index in [1.54, 1.807) is 43.5 Å². The molecule has 6 nitrogen and oxygen atoms in total. The lowest BCUT2D eigenvalue weighted by molar-refractivity contribution is 0.413. The molecular weight excluding hydrogens is 328 g/mol. The molecule has 1 fully saturated rings. The van der Waals surface area contributed by atoms with Crippen LogP contribution in [0.5, 0.6) is 17.2 Å². The highest BCUT2D eigenvalue weighted by Gasteiger charge is 2.36. The molecule has 1 N–H and O–H groups in total. The van der Waals surface area contributed by atoms with Crippen molar-refractivity contribution in [1.29, 1.82) is 0 Å². The minimum Gasteiger partial charge on any atom is -0.497 e. The fraction of sp³-hybridized carbons (Fsp3) is 0.294. The second kappa shape index (κ2) is 5.68. The fourth-order valence-corrected chi connectivity index (χ4v) is 4.02. The van der Waals surface area contributed by atoms with Crippen molar-refractivity contribution in [3.8, 4) is 17.2 Å². The number of anilines is 1. The van der Waals surface area contributed by atoms with Crippen LogP contribution in [0.3, 0.4) is 0 Å². The van der Waals surface area contributed by atoms with E-state index in [0.29, 0.717) is 24.2 Å². The first-order chi connectivity index (χ1) is 11.6. The summed E-state index contributed by atoms with van der Waals surface area (Å²) >= 11 is 0. The van der Waals surface area contributed by atoms with Gasteiger partial charge in [0, 0.05) is 12.1 Å². The normalized spacial score (nSPS) is 18.8. The van der Waals surface area contributed by atoms with Crippen molar-refractivity contribution in [3.05, 3.63) is 42.5 Å². The van der Waals surface area contributed by atoms with E-state index in [4.69, 9.17) is 9.47 Å². The summed E-state index contributed by atoms with van der Waals surface area (Å²) < 4.78 is 38.2. The first-order valence-corrected chi connectivity index (χ1v) is 9.27. The zero-order valence-corrected chi connectivity index (χ0v) is 14.0. The number of nitrogens with zero attached hydrogens (tertiary/aromatic N) is 1. The van der Waals surface area contributed by atoms with Crippen molar-refractivity contribution >= 4 is 15.7 Å². The van der Waals surface area contributed by atoms with Crippen molar-refractivity contribution < 1.29 is 17.9 Å². The van der Waals surface area contributed by atoms with E-state index in [0.717, 1.165) is 24.3 Å². The third-order valence-electron chi connectivity index (χ3n) is 4.24. The topological polar surface area (TPSA) is 67.9 Å². The highest BCUT2D eigenvalue weighted by atomic mass is 32.2. The van der Waals surface area contributed by atoms with Crippen LogP contribution in [0.1, 0.15) is 12.8 Å². The van der Waals surface area contributed by atoms with Crippen molar-refractivity contribution in [3.63, 3.8) is 0 Å². The van der Waals surface area contributed by atoms with Gasteiger partial charge in [-0.15, -0.1) is 0 Å². The Morgan fingerprint density at radius 1 is 1.04 bits per heavy atom. The number of hydrogen-bond donors (Lipinski definition) is 1. The van der Waals surface area contributed by atoms with E-state index in [-0.39, 0.29) is 4.90 Å². The smallest absolute Gasteiger partial charge is 0.244 e. The Kier molecular flexibility index (Phi) is 3.62. The van der Waals surface area contributed by atoms with Gasteiger partial charge in [0.2, 0.25) is 10.0 Å². The van der Waals surface area contributed by atoms with Gasteiger partial charge in [-0.2, -0.15) is 4.72 Å². The predicted octanol–water partition coefficient (Wildman–Crippen LogP) is 2.71. The Morgan fingerprint density at radius 3 is 2.38 bits per heavy atom. The van der Waals surface area contributed by atoms with Crippen LogP contribution in [0.25, 0.3) is 0 Å². The average molecular weight is 346 g/mol. The van der Waals surface area contributed by atoms with Gasteiger partial charge in [0.1, 0.15) is 22.1 Å². The van der Waals surface area contributed by atoms with Crippen LogP contribution in [0.15, 0.2) is 47.4 Å². The summed E-state index contributed by atoms with van der Waals surface area (Å²) in [6.07, 6.45) is 2.20. The Bertz CT molecular complexity index is 861. The molecule has 0 unspecified atom stereocenters. The summed E-state index contributed by atoms with van der Waals surface area (Å²) in [6, 6.07) is 12.8. The molecule has 1 heterocycles. The van der Waals surface area contributed by atoms with Gasteiger partial charge in [-0.3, -0.25) is 0 Å². The van der Waals surface area contributed by atoms with Gasteiger partial charge in [0.15, 0.2) is 0 Å². The van der Waals surface area contributed by atoms with Gasteiger partial charge in [-0.25, -0.2) is 8.42 Å². The summed E-state index contributed by atoms with van der Waals surface area (Å²) in [5, 5.41) is 0. The van der Waals surface area contributed by atoms with Gasteiger partial charge >= 0.3 is 0 Å². The van der Waals surface area contributed by atoms with Gasteiger partial charge in [0.05, 0.1) is 19.5 Å². The third kappa shape index (κ3) is 2.81. The largest absolute Gasteiger partial charge is 0.497 e. The van der Waals surface area contributed by atoms with E-state index in [9.17, 15) is 8.42 Å². The quantitative estimate of drug-likeness (QED) is 0.922. The Labute approximate surface area is 141 Å². The molecule has 0 amide bonds. The molecule has 2 aromatic carbocycles. The van der Waals surface area contributed by atoms with Crippen molar-refractivity contribution in [1.82, 2.24) is 4.72 Å². The molecule has 0 spiro atoms. The minimum absolute atomic E-state index is 0.270. The zero-order valence-electron chi connectivity index (χ0n) is 13.2. The molecule has 0 aromatic heterocycles. The van der Waals surface area contributed by atoms with Crippen LogP contribution in [-0.2, 0) is 10.0 Å². The van der Waals surface area contributed by atoms with Gasteiger partial charge in [-0.05, 0) is 49.2 Å². The summed E-state index contributed by atoms with van der Waals surface area (Å²) in [4.78, 5) is 2.37. The van der Waals surface area contributed by atoms with Gasteiger partial charge in [0.25, 0.3) is 0 Å². The number of rotatable bonds is 4. The Morgan fingerprint density at radius 2 is 1.71 bits per heavy atom.